The fourth-order valence-corrected chi connectivity index (χ4v) is 2.58. The molecule has 3 N–H and O–H groups in total. The minimum absolute atomic E-state index is 0.0830. The molecule has 2 heterocycles. The van der Waals surface area contributed by atoms with Crippen LogP contribution in [-0.4, -0.2) is 25.5 Å². The topological polar surface area (TPSA) is 98.2 Å². The zero-order valence-electron chi connectivity index (χ0n) is 13.1. The second-order valence-corrected chi connectivity index (χ2v) is 5.37. The lowest BCUT2D eigenvalue weighted by Crippen LogP contribution is -2.15. The molecule has 0 aliphatic rings. The van der Waals surface area contributed by atoms with Gasteiger partial charge in [0.2, 0.25) is 5.91 Å². The second kappa shape index (κ2) is 6.04. The Bertz CT molecular complexity index is 870. The van der Waals surface area contributed by atoms with Crippen LogP contribution in [0.5, 0.6) is 0 Å². The van der Waals surface area contributed by atoms with Gasteiger partial charge in [0, 0.05) is 17.8 Å². The summed E-state index contributed by atoms with van der Waals surface area (Å²) in [7, 11) is 0. The smallest absolute Gasteiger partial charge is 0.252 e. The molecule has 0 aliphatic carbocycles. The predicted molar refractivity (Wildman–Crippen MR) is 88.1 cm³/mol. The van der Waals surface area contributed by atoms with Gasteiger partial charge in [-0.2, -0.15) is 10.1 Å². The second-order valence-electron chi connectivity index (χ2n) is 5.37. The maximum atomic E-state index is 12.2. The molecule has 0 unspecified atom stereocenters. The minimum atomic E-state index is -0.0830. The Balaban J connectivity index is 1.73. The van der Waals surface area contributed by atoms with E-state index in [4.69, 9.17) is 5.73 Å². The number of anilines is 2. The van der Waals surface area contributed by atoms with E-state index in [0.717, 1.165) is 17.0 Å². The van der Waals surface area contributed by atoms with Crippen molar-refractivity contribution in [2.24, 2.45) is 0 Å². The van der Waals surface area contributed by atoms with Gasteiger partial charge in [-0.25, -0.2) is 9.50 Å². The lowest BCUT2D eigenvalue weighted by atomic mass is 10.1. The standard InChI is InChI=1S/C16H18N6O/c1-10-12(11(2)22-16(20-10)18-9-19-22)7-8-15(23)21-14-6-4-3-5-13(14)17/h3-6,9H,7-8,17H2,1-2H3,(H,21,23). The summed E-state index contributed by atoms with van der Waals surface area (Å²) < 4.78 is 1.69. The maximum Gasteiger partial charge on any atom is 0.252 e. The van der Waals surface area contributed by atoms with Crippen molar-refractivity contribution in [3.8, 4) is 0 Å². The average molecular weight is 310 g/mol. The Morgan fingerprint density at radius 2 is 2.09 bits per heavy atom. The molecule has 23 heavy (non-hydrogen) atoms. The molecule has 0 atom stereocenters. The number of benzene rings is 1. The molecule has 3 rings (SSSR count). The first-order valence-electron chi connectivity index (χ1n) is 7.36. The van der Waals surface area contributed by atoms with E-state index in [1.165, 1.54) is 6.33 Å². The van der Waals surface area contributed by atoms with Crippen molar-refractivity contribution in [1.82, 2.24) is 19.6 Å². The Hall–Kier alpha value is -2.96. The molecule has 2 aromatic heterocycles. The van der Waals surface area contributed by atoms with E-state index >= 15 is 0 Å². The van der Waals surface area contributed by atoms with E-state index in [-0.39, 0.29) is 5.91 Å². The fourth-order valence-electron chi connectivity index (χ4n) is 2.58. The first kappa shape index (κ1) is 15.0. The van der Waals surface area contributed by atoms with Gasteiger partial charge in [0.05, 0.1) is 11.4 Å². The van der Waals surface area contributed by atoms with Crippen LogP contribution in [0.3, 0.4) is 0 Å². The number of carbonyl (C=O) groups excluding carboxylic acids is 1. The van der Waals surface area contributed by atoms with Crippen LogP contribution in [0.25, 0.3) is 5.78 Å². The van der Waals surface area contributed by atoms with Crippen LogP contribution in [0.15, 0.2) is 30.6 Å². The summed E-state index contributed by atoms with van der Waals surface area (Å²) in [4.78, 5) is 20.7. The van der Waals surface area contributed by atoms with Crippen molar-refractivity contribution in [3.05, 3.63) is 47.5 Å². The predicted octanol–water partition coefficient (Wildman–Crippen LogP) is 1.89. The quantitative estimate of drug-likeness (QED) is 0.717. The summed E-state index contributed by atoms with van der Waals surface area (Å²) in [6.07, 6.45) is 2.40. The molecular weight excluding hydrogens is 292 g/mol. The van der Waals surface area contributed by atoms with Crippen LogP contribution >= 0.6 is 0 Å². The fraction of sp³-hybridized carbons (Fsp3) is 0.250. The average Bonchev–Trinajstić information content (AvgIpc) is 2.98. The Labute approximate surface area is 133 Å². The van der Waals surface area contributed by atoms with Gasteiger partial charge in [0.15, 0.2) is 0 Å². The number of nitrogens with zero attached hydrogens (tertiary/aromatic N) is 4. The summed E-state index contributed by atoms with van der Waals surface area (Å²) in [6.45, 7) is 3.88. The normalized spacial score (nSPS) is 10.9. The third-order valence-electron chi connectivity index (χ3n) is 3.83. The molecule has 0 aliphatic heterocycles. The molecule has 3 aromatic rings. The van der Waals surface area contributed by atoms with Gasteiger partial charge in [-0.1, -0.05) is 12.1 Å². The Morgan fingerprint density at radius 1 is 1.30 bits per heavy atom. The van der Waals surface area contributed by atoms with Crippen molar-refractivity contribution < 1.29 is 4.79 Å². The number of amides is 1. The number of aryl methyl sites for hydroxylation is 2. The largest absolute Gasteiger partial charge is 0.397 e. The zero-order chi connectivity index (χ0) is 16.4. The highest BCUT2D eigenvalue weighted by atomic mass is 16.1. The highest BCUT2D eigenvalue weighted by molar-refractivity contribution is 5.93. The lowest BCUT2D eigenvalue weighted by molar-refractivity contribution is -0.116. The number of aromatic nitrogens is 4. The molecule has 0 spiro atoms. The van der Waals surface area contributed by atoms with Gasteiger partial charge < -0.3 is 11.1 Å². The number of nitrogen functional groups attached to an aromatic ring is 1. The summed E-state index contributed by atoms with van der Waals surface area (Å²) >= 11 is 0. The van der Waals surface area contributed by atoms with Crippen molar-refractivity contribution in [3.63, 3.8) is 0 Å². The monoisotopic (exact) mass is 310 g/mol. The maximum absolute atomic E-state index is 12.2. The van der Waals surface area contributed by atoms with Gasteiger partial charge in [-0.15, -0.1) is 0 Å². The summed E-state index contributed by atoms with van der Waals surface area (Å²) in [5.41, 5.74) is 9.86. The van der Waals surface area contributed by atoms with E-state index in [1.54, 1.807) is 16.6 Å². The number of fused-ring (bicyclic) bond motifs is 1. The van der Waals surface area contributed by atoms with Crippen LogP contribution in [0.1, 0.15) is 23.4 Å². The SMILES string of the molecule is Cc1nc2ncnn2c(C)c1CCC(=O)Nc1ccccc1N. The van der Waals surface area contributed by atoms with Gasteiger partial charge >= 0.3 is 0 Å². The number of carbonyl (C=O) groups is 1. The Kier molecular flexibility index (Phi) is 3.92. The Morgan fingerprint density at radius 3 is 2.87 bits per heavy atom. The lowest BCUT2D eigenvalue weighted by Gasteiger charge is -2.11. The third-order valence-corrected chi connectivity index (χ3v) is 3.83. The van der Waals surface area contributed by atoms with E-state index in [1.807, 2.05) is 26.0 Å². The molecule has 0 saturated carbocycles. The minimum Gasteiger partial charge on any atom is -0.397 e. The highest BCUT2D eigenvalue weighted by Gasteiger charge is 2.13. The number of hydrogen-bond acceptors (Lipinski definition) is 5. The van der Waals surface area contributed by atoms with Crippen LogP contribution < -0.4 is 11.1 Å². The zero-order valence-corrected chi connectivity index (χ0v) is 13.1. The first-order valence-corrected chi connectivity index (χ1v) is 7.36. The van der Waals surface area contributed by atoms with Gasteiger partial charge in [0.25, 0.3) is 5.78 Å². The molecule has 7 heteroatoms. The molecule has 7 nitrogen and oxygen atoms in total. The van der Waals surface area contributed by atoms with E-state index in [2.05, 4.69) is 20.4 Å². The molecule has 0 radical (unpaired) electrons. The number of nitrogens with two attached hydrogens (primary N) is 1. The number of para-hydroxylation sites is 2. The van der Waals surface area contributed by atoms with Gasteiger partial charge in [0.1, 0.15) is 6.33 Å². The van der Waals surface area contributed by atoms with E-state index in [9.17, 15) is 4.79 Å². The summed E-state index contributed by atoms with van der Waals surface area (Å²) in [6, 6.07) is 7.21. The van der Waals surface area contributed by atoms with E-state index in [0.29, 0.717) is 30.0 Å². The van der Waals surface area contributed by atoms with Gasteiger partial charge in [-0.05, 0) is 38.0 Å². The van der Waals surface area contributed by atoms with Crippen molar-refractivity contribution >= 4 is 23.1 Å². The molecule has 1 amide bonds. The number of nitrogens with one attached hydrogen (secondary N) is 1. The third kappa shape index (κ3) is 2.98. The molecule has 1 aromatic carbocycles. The van der Waals surface area contributed by atoms with Crippen molar-refractivity contribution in [1.29, 1.82) is 0 Å². The number of hydrogen-bond donors (Lipinski definition) is 2. The molecule has 0 bridgehead atoms. The number of rotatable bonds is 4. The van der Waals surface area contributed by atoms with Crippen molar-refractivity contribution in [2.45, 2.75) is 26.7 Å². The van der Waals surface area contributed by atoms with E-state index < -0.39 is 0 Å². The van der Waals surface area contributed by atoms with Crippen molar-refractivity contribution in [2.75, 3.05) is 11.1 Å². The summed E-state index contributed by atoms with van der Waals surface area (Å²) in [5.74, 6) is 0.491. The van der Waals surface area contributed by atoms with Gasteiger partial charge in [-0.3, -0.25) is 4.79 Å². The first-order chi connectivity index (χ1) is 11.1. The molecule has 0 saturated heterocycles. The molecular formula is C16H18N6O. The van der Waals surface area contributed by atoms with Crippen LogP contribution in [0.2, 0.25) is 0 Å². The summed E-state index contributed by atoms with van der Waals surface area (Å²) in [5, 5.41) is 6.98. The van der Waals surface area contributed by atoms with Crippen LogP contribution in [-0.2, 0) is 11.2 Å². The van der Waals surface area contributed by atoms with Crippen LogP contribution in [0.4, 0.5) is 11.4 Å². The van der Waals surface area contributed by atoms with Crippen LogP contribution in [0, 0.1) is 13.8 Å². The molecule has 0 fully saturated rings. The highest BCUT2D eigenvalue weighted by Crippen LogP contribution is 2.18. The molecule has 118 valence electrons.